The summed E-state index contributed by atoms with van der Waals surface area (Å²) in [5.41, 5.74) is 1.25. The van der Waals surface area contributed by atoms with E-state index < -0.39 is 0 Å². The van der Waals surface area contributed by atoms with Gasteiger partial charge in [0.05, 0.1) is 0 Å². The molecule has 0 aromatic carbocycles. The zero-order chi connectivity index (χ0) is 11.4. The Bertz CT molecular complexity index is 320. The van der Waals surface area contributed by atoms with Crippen LogP contribution in [0.15, 0.2) is 18.3 Å². The molecule has 16 heavy (non-hydrogen) atoms. The fraction of sp³-hybridized carbons (Fsp3) is 0.615. The molecular formula is C13H21N3. The Labute approximate surface area is 97.9 Å². The summed E-state index contributed by atoms with van der Waals surface area (Å²) in [6.45, 7) is 5.52. The van der Waals surface area contributed by atoms with Gasteiger partial charge in [0.2, 0.25) is 0 Å². The maximum atomic E-state index is 4.54. The number of pyridine rings is 1. The lowest BCUT2D eigenvalue weighted by molar-refractivity contribution is 0.444. The first kappa shape index (κ1) is 11.4. The maximum absolute atomic E-state index is 4.54. The van der Waals surface area contributed by atoms with Crippen LogP contribution in [0, 0.1) is 5.92 Å². The van der Waals surface area contributed by atoms with Crippen molar-refractivity contribution in [3.05, 3.63) is 23.9 Å². The van der Waals surface area contributed by atoms with E-state index in [2.05, 4.69) is 34.3 Å². The van der Waals surface area contributed by atoms with E-state index >= 15 is 0 Å². The quantitative estimate of drug-likeness (QED) is 0.843. The third kappa shape index (κ3) is 2.73. The summed E-state index contributed by atoms with van der Waals surface area (Å²) in [5.74, 6) is 1.93. The van der Waals surface area contributed by atoms with Crippen molar-refractivity contribution in [1.82, 2.24) is 10.3 Å². The molecule has 1 aliphatic heterocycles. The molecule has 0 amide bonds. The summed E-state index contributed by atoms with van der Waals surface area (Å²) >= 11 is 0. The highest BCUT2D eigenvalue weighted by atomic mass is 15.2. The van der Waals surface area contributed by atoms with Gasteiger partial charge < -0.3 is 10.2 Å². The molecule has 0 aliphatic carbocycles. The molecule has 1 fully saturated rings. The minimum atomic E-state index is 0.799. The van der Waals surface area contributed by atoms with Crippen molar-refractivity contribution >= 4 is 5.82 Å². The van der Waals surface area contributed by atoms with Crippen LogP contribution in [0.25, 0.3) is 0 Å². The van der Waals surface area contributed by atoms with Crippen molar-refractivity contribution in [2.45, 2.75) is 26.3 Å². The van der Waals surface area contributed by atoms with Crippen LogP contribution < -0.4 is 10.2 Å². The number of hydrogen-bond donors (Lipinski definition) is 1. The van der Waals surface area contributed by atoms with E-state index in [-0.39, 0.29) is 0 Å². The maximum Gasteiger partial charge on any atom is 0.128 e. The van der Waals surface area contributed by atoms with Crippen LogP contribution in [-0.2, 0) is 6.54 Å². The van der Waals surface area contributed by atoms with Gasteiger partial charge in [0.15, 0.2) is 0 Å². The Morgan fingerprint density at radius 3 is 3.00 bits per heavy atom. The summed E-state index contributed by atoms with van der Waals surface area (Å²) in [4.78, 5) is 6.94. The molecule has 88 valence electrons. The molecule has 1 aromatic rings. The molecule has 1 N–H and O–H groups in total. The second-order valence-electron chi connectivity index (χ2n) is 4.75. The first-order valence-electron chi connectivity index (χ1n) is 6.14. The summed E-state index contributed by atoms with van der Waals surface area (Å²) < 4.78 is 0. The molecule has 2 rings (SSSR count). The number of aromatic nitrogens is 1. The van der Waals surface area contributed by atoms with Crippen LogP contribution in [0.5, 0.6) is 0 Å². The van der Waals surface area contributed by atoms with Crippen LogP contribution in [0.1, 0.15) is 25.3 Å². The summed E-state index contributed by atoms with van der Waals surface area (Å²) in [6, 6.07) is 4.31. The topological polar surface area (TPSA) is 28.2 Å². The number of nitrogens with one attached hydrogen (secondary N) is 1. The van der Waals surface area contributed by atoms with Crippen molar-refractivity contribution in [2.24, 2.45) is 5.92 Å². The third-order valence-corrected chi connectivity index (χ3v) is 3.17. The molecule has 1 aromatic heterocycles. The van der Waals surface area contributed by atoms with Gasteiger partial charge in [0, 0.05) is 25.8 Å². The SMILES string of the molecule is CNCc1ccc(N2CCCC(C)C2)nc1. The van der Waals surface area contributed by atoms with Crippen molar-refractivity contribution in [2.75, 3.05) is 25.0 Å². The minimum Gasteiger partial charge on any atom is -0.356 e. The summed E-state index contributed by atoms with van der Waals surface area (Å²) in [6.07, 6.45) is 4.63. The Hall–Kier alpha value is -1.09. The van der Waals surface area contributed by atoms with E-state index in [0.29, 0.717) is 0 Å². The Morgan fingerprint density at radius 2 is 2.38 bits per heavy atom. The number of anilines is 1. The van der Waals surface area contributed by atoms with E-state index in [4.69, 9.17) is 0 Å². The molecule has 3 heteroatoms. The van der Waals surface area contributed by atoms with Gasteiger partial charge in [-0.2, -0.15) is 0 Å². The third-order valence-electron chi connectivity index (χ3n) is 3.17. The van der Waals surface area contributed by atoms with Crippen molar-refractivity contribution in [3.63, 3.8) is 0 Å². The molecule has 2 heterocycles. The van der Waals surface area contributed by atoms with Gasteiger partial charge in [-0.1, -0.05) is 13.0 Å². The second kappa shape index (κ2) is 5.30. The molecule has 0 radical (unpaired) electrons. The minimum absolute atomic E-state index is 0.799. The molecule has 0 bridgehead atoms. The van der Waals surface area contributed by atoms with E-state index in [1.165, 1.54) is 18.4 Å². The normalized spacial score (nSPS) is 21.1. The van der Waals surface area contributed by atoms with Crippen molar-refractivity contribution < 1.29 is 0 Å². The van der Waals surface area contributed by atoms with Gasteiger partial charge >= 0.3 is 0 Å². The van der Waals surface area contributed by atoms with Crippen LogP contribution in [0.2, 0.25) is 0 Å². The lowest BCUT2D eigenvalue weighted by Crippen LogP contribution is -2.34. The van der Waals surface area contributed by atoms with Gasteiger partial charge in [0.1, 0.15) is 5.82 Å². The first-order chi connectivity index (χ1) is 7.79. The number of piperidine rings is 1. The molecule has 1 unspecified atom stereocenters. The van der Waals surface area contributed by atoms with Gasteiger partial charge in [0.25, 0.3) is 0 Å². The average Bonchev–Trinajstić information content (AvgIpc) is 2.30. The zero-order valence-electron chi connectivity index (χ0n) is 10.2. The number of nitrogens with zero attached hydrogens (tertiary/aromatic N) is 2. The molecule has 1 saturated heterocycles. The zero-order valence-corrected chi connectivity index (χ0v) is 10.2. The molecule has 0 spiro atoms. The summed E-state index contributed by atoms with van der Waals surface area (Å²) in [5, 5.41) is 3.14. The van der Waals surface area contributed by atoms with Crippen LogP contribution in [0.4, 0.5) is 5.82 Å². The van der Waals surface area contributed by atoms with Crippen molar-refractivity contribution in [3.8, 4) is 0 Å². The van der Waals surface area contributed by atoms with Crippen LogP contribution in [-0.4, -0.2) is 25.1 Å². The molecule has 0 saturated carbocycles. The summed E-state index contributed by atoms with van der Waals surface area (Å²) in [7, 11) is 1.96. The second-order valence-corrected chi connectivity index (χ2v) is 4.75. The lowest BCUT2D eigenvalue weighted by Gasteiger charge is -2.31. The molecule has 1 atom stereocenters. The Balaban J connectivity index is 2.03. The fourth-order valence-electron chi connectivity index (χ4n) is 2.31. The predicted molar refractivity (Wildman–Crippen MR) is 67.6 cm³/mol. The highest BCUT2D eigenvalue weighted by Crippen LogP contribution is 2.20. The number of hydrogen-bond acceptors (Lipinski definition) is 3. The van der Waals surface area contributed by atoms with Gasteiger partial charge in [-0.15, -0.1) is 0 Å². The van der Waals surface area contributed by atoms with E-state index in [0.717, 1.165) is 31.4 Å². The molecule has 3 nitrogen and oxygen atoms in total. The smallest absolute Gasteiger partial charge is 0.128 e. The first-order valence-corrected chi connectivity index (χ1v) is 6.14. The Kier molecular flexibility index (Phi) is 3.78. The largest absolute Gasteiger partial charge is 0.356 e. The highest BCUT2D eigenvalue weighted by Gasteiger charge is 2.17. The van der Waals surface area contributed by atoms with Crippen LogP contribution >= 0.6 is 0 Å². The van der Waals surface area contributed by atoms with Gasteiger partial charge in [-0.05, 0) is 37.4 Å². The number of rotatable bonds is 3. The van der Waals surface area contributed by atoms with Crippen molar-refractivity contribution in [1.29, 1.82) is 0 Å². The fourth-order valence-corrected chi connectivity index (χ4v) is 2.31. The van der Waals surface area contributed by atoms with Gasteiger partial charge in [-0.3, -0.25) is 0 Å². The van der Waals surface area contributed by atoms with Gasteiger partial charge in [-0.25, -0.2) is 4.98 Å². The monoisotopic (exact) mass is 219 g/mol. The van der Waals surface area contributed by atoms with Crippen LogP contribution in [0.3, 0.4) is 0 Å². The van der Waals surface area contributed by atoms with E-state index in [1.54, 1.807) is 0 Å². The lowest BCUT2D eigenvalue weighted by atomic mass is 10.0. The standard InChI is InChI=1S/C13H21N3/c1-11-4-3-7-16(10-11)13-6-5-12(8-14-2)9-15-13/h5-6,9,11,14H,3-4,7-8,10H2,1-2H3. The highest BCUT2D eigenvalue weighted by molar-refractivity contribution is 5.39. The predicted octanol–water partition coefficient (Wildman–Crippen LogP) is 2.04. The van der Waals surface area contributed by atoms with E-state index in [1.807, 2.05) is 13.2 Å². The Morgan fingerprint density at radius 1 is 1.50 bits per heavy atom. The molecule has 1 aliphatic rings. The average molecular weight is 219 g/mol. The van der Waals surface area contributed by atoms with E-state index in [9.17, 15) is 0 Å². The molecular weight excluding hydrogens is 198 g/mol.